The summed E-state index contributed by atoms with van der Waals surface area (Å²) in [5.41, 5.74) is 2.55. The Balaban J connectivity index is 1.25. The minimum atomic E-state index is 0.00905. The normalized spacial score (nSPS) is 14.2. The van der Waals surface area contributed by atoms with Gasteiger partial charge in [0.1, 0.15) is 15.2 Å². The first kappa shape index (κ1) is 20.1. The summed E-state index contributed by atoms with van der Waals surface area (Å²) in [5.74, 6) is 0.681. The van der Waals surface area contributed by atoms with Crippen molar-refractivity contribution in [3.63, 3.8) is 0 Å². The van der Waals surface area contributed by atoms with E-state index in [0.29, 0.717) is 34.4 Å². The van der Waals surface area contributed by atoms with E-state index in [1.807, 2.05) is 59.5 Å². The van der Waals surface area contributed by atoms with E-state index in [4.69, 9.17) is 14.4 Å². The number of piperazine rings is 1. The average Bonchev–Trinajstić information content (AvgIpc) is 3.63. The Bertz CT molecular complexity index is 1370. The van der Waals surface area contributed by atoms with Crippen molar-refractivity contribution in [2.75, 3.05) is 31.1 Å². The maximum atomic E-state index is 13.6. The standard InChI is InChI=1S/C24H19N5O2S2/c30-23(28-11-13-29(14-12-28)24-26-17-8-4-10-25-21(17)33-24)20-19(16-6-2-1-3-7-16)27-22(32-20)18-9-5-15-31-18/h1-10,15H,11-14H2. The van der Waals surface area contributed by atoms with Crippen molar-refractivity contribution in [2.24, 2.45) is 0 Å². The number of carbonyl (C=O) groups is 1. The van der Waals surface area contributed by atoms with Gasteiger partial charge in [0.15, 0.2) is 15.9 Å². The largest absolute Gasteiger partial charge is 0.462 e. The summed E-state index contributed by atoms with van der Waals surface area (Å²) in [7, 11) is 0. The molecular formula is C24H19N5O2S2. The lowest BCUT2D eigenvalue weighted by atomic mass is 10.1. The second kappa shape index (κ2) is 8.42. The van der Waals surface area contributed by atoms with E-state index in [-0.39, 0.29) is 5.91 Å². The van der Waals surface area contributed by atoms with E-state index in [2.05, 4.69) is 9.88 Å². The van der Waals surface area contributed by atoms with Gasteiger partial charge in [0.2, 0.25) is 0 Å². The highest BCUT2D eigenvalue weighted by molar-refractivity contribution is 7.21. The Morgan fingerprint density at radius 2 is 1.76 bits per heavy atom. The van der Waals surface area contributed by atoms with Crippen LogP contribution in [0.15, 0.2) is 71.5 Å². The third-order valence-corrected chi connectivity index (χ3v) is 7.69. The zero-order valence-corrected chi connectivity index (χ0v) is 19.2. The molecule has 1 aliphatic heterocycles. The molecule has 1 amide bonds. The highest BCUT2D eigenvalue weighted by Crippen LogP contribution is 2.35. The van der Waals surface area contributed by atoms with Crippen molar-refractivity contribution in [1.82, 2.24) is 19.9 Å². The van der Waals surface area contributed by atoms with Crippen LogP contribution in [-0.4, -0.2) is 51.9 Å². The van der Waals surface area contributed by atoms with Crippen LogP contribution in [0.5, 0.6) is 0 Å². The van der Waals surface area contributed by atoms with Crippen LogP contribution < -0.4 is 4.90 Å². The molecule has 1 aromatic carbocycles. The molecule has 5 heterocycles. The van der Waals surface area contributed by atoms with Gasteiger partial charge in [-0.1, -0.05) is 41.7 Å². The Kier molecular flexibility index (Phi) is 5.12. The minimum absolute atomic E-state index is 0.00905. The zero-order valence-electron chi connectivity index (χ0n) is 17.5. The Morgan fingerprint density at radius 3 is 2.52 bits per heavy atom. The first-order valence-corrected chi connectivity index (χ1v) is 12.3. The summed E-state index contributed by atoms with van der Waals surface area (Å²) >= 11 is 2.98. The molecule has 164 valence electrons. The number of nitrogens with zero attached hydrogens (tertiary/aromatic N) is 5. The van der Waals surface area contributed by atoms with Crippen LogP contribution in [0, 0.1) is 0 Å². The smallest absolute Gasteiger partial charge is 0.266 e. The van der Waals surface area contributed by atoms with Gasteiger partial charge < -0.3 is 14.2 Å². The van der Waals surface area contributed by atoms with Gasteiger partial charge in [-0.25, -0.2) is 15.0 Å². The molecule has 5 aromatic rings. The maximum absolute atomic E-state index is 13.6. The summed E-state index contributed by atoms with van der Waals surface area (Å²) in [5, 5.41) is 1.67. The molecule has 1 fully saturated rings. The van der Waals surface area contributed by atoms with Crippen molar-refractivity contribution >= 4 is 44.1 Å². The third kappa shape index (κ3) is 3.79. The zero-order chi connectivity index (χ0) is 22.2. The number of fused-ring (bicyclic) bond motifs is 1. The predicted molar refractivity (Wildman–Crippen MR) is 131 cm³/mol. The lowest BCUT2D eigenvalue weighted by Crippen LogP contribution is -2.48. The molecule has 0 bridgehead atoms. The van der Waals surface area contributed by atoms with Crippen LogP contribution in [0.3, 0.4) is 0 Å². The molecule has 6 rings (SSSR count). The topological polar surface area (TPSA) is 75.4 Å². The number of thiazole rings is 2. The van der Waals surface area contributed by atoms with E-state index >= 15 is 0 Å². The highest BCUT2D eigenvalue weighted by atomic mass is 32.1. The van der Waals surface area contributed by atoms with Crippen molar-refractivity contribution in [3.05, 3.63) is 71.9 Å². The number of rotatable bonds is 4. The number of anilines is 1. The fraction of sp³-hybridized carbons (Fsp3) is 0.167. The SMILES string of the molecule is O=C(c1sc(-c2ccco2)nc1-c1ccccc1)N1CCN(c2nc3cccnc3s2)CC1. The molecule has 0 atom stereocenters. The predicted octanol–water partition coefficient (Wildman–Crippen LogP) is 5.04. The van der Waals surface area contributed by atoms with Gasteiger partial charge in [-0.05, 0) is 24.3 Å². The number of furan rings is 1. The van der Waals surface area contributed by atoms with E-state index in [1.165, 1.54) is 11.3 Å². The molecule has 0 radical (unpaired) electrons. The quantitative estimate of drug-likeness (QED) is 0.364. The molecule has 9 heteroatoms. The van der Waals surface area contributed by atoms with Gasteiger partial charge in [0, 0.05) is 37.9 Å². The number of benzene rings is 1. The van der Waals surface area contributed by atoms with E-state index in [9.17, 15) is 4.79 Å². The molecule has 0 aliphatic carbocycles. The fourth-order valence-corrected chi connectivity index (χ4v) is 5.88. The van der Waals surface area contributed by atoms with Crippen molar-refractivity contribution < 1.29 is 9.21 Å². The molecule has 33 heavy (non-hydrogen) atoms. The summed E-state index contributed by atoms with van der Waals surface area (Å²) in [6.45, 7) is 2.72. The van der Waals surface area contributed by atoms with Crippen LogP contribution in [0.2, 0.25) is 0 Å². The highest BCUT2D eigenvalue weighted by Gasteiger charge is 2.28. The van der Waals surface area contributed by atoms with Crippen LogP contribution in [0.4, 0.5) is 5.13 Å². The Labute approximate surface area is 198 Å². The average molecular weight is 474 g/mol. The van der Waals surface area contributed by atoms with Crippen LogP contribution in [0.1, 0.15) is 9.67 Å². The van der Waals surface area contributed by atoms with Gasteiger partial charge in [0.25, 0.3) is 5.91 Å². The summed E-state index contributed by atoms with van der Waals surface area (Å²) < 4.78 is 5.54. The molecule has 1 aliphatic rings. The second-order valence-electron chi connectivity index (χ2n) is 7.64. The third-order valence-electron chi connectivity index (χ3n) is 5.59. The first-order chi connectivity index (χ1) is 16.3. The second-order valence-corrected chi connectivity index (χ2v) is 9.60. The molecule has 0 spiro atoms. The number of carbonyl (C=O) groups excluding carboxylic acids is 1. The molecular weight excluding hydrogens is 454 g/mol. The summed E-state index contributed by atoms with van der Waals surface area (Å²) in [6.07, 6.45) is 3.41. The number of hydrogen-bond donors (Lipinski definition) is 0. The van der Waals surface area contributed by atoms with Crippen LogP contribution in [-0.2, 0) is 0 Å². The molecule has 0 saturated carbocycles. The fourth-order valence-electron chi connectivity index (χ4n) is 3.90. The number of amides is 1. The Morgan fingerprint density at radius 1 is 0.909 bits per heavy atom. The monoisotopic (exact) mass is 473 g/mol. The van der Waals surface area contributed by atoms with Gasteiger partial charge in [-0.15, -0.1) is 11.3 Å². The minimum Gasteiger partial charge on any atom is -0.462 e. The maximum Gasteiger partial charge on any atom is 0.266 e. The molecule has 4 aromatic heterocycles. The van der Waals surface area contributed by atoms with E-state index in [0.717, 1.165) is 34.1 Å². The van der Waals surface area contributed by atoms with Gasteiger partial charge in [-0.3, -0.25) is 4.79 Å². The number of aromatic nitrogens is 3. The lowest BCUT2D eigenvalue weighted by Gasteiger charge is -2.34. The molecule has 0 N–H and O–H groups in total. The van der Waals surface area contributed by atoms with Gasteiger partial charge >= 0.3 is 0 Å². The van der Waals surface area contributed by atoms with Crippen molar-refractivity contribution in [2.45, 2.75) is 0 Å². The molecule has 7 nitrogen and oxygen atoms in total. The summed E-state index contributed by atoms with van der Waals surface area (Å²) in [4.78, 5) is 33.2. The lowest BCUT2D eigenvalue weighted by molar-refractivity contribution is 0.0752. The molecule has 1 saturated heterocycles. The Hall–Kier alpha value is -3.56. The van der Waals surface area contributed by atoms with Crippen molar-refractivity contribution in [3.8, 4) is 22.0 Å². The van der Waals surface area contributed by atoms with Gasteiger partial charge in [-0.2, -0.15) is 0 Å². The van der Waals surface area contributed by atoms with E-state index in [1.54, 1.807) is 23.8 Å². The van der Waals surface area contributed by atoms with Crippen LogP contribution >= 0.6 is 22.7 Å². The number of hydrogen-bond acceptors (Lipinski definition) is 8. The van der Waals surface area contributed by atoms with Crippen molar-refractivity contribution in [1.29, 1.82) is 0 Å². The number of pyridine rings is 1. The molecule has 0 unspecified atom stereocenters. The van der Waals surface area contributed by atoms with E-state index < -0.39 is 0 Å². The van der Waals surface area contributed by atoms with Gasteiger partial charge in [0.05, 0.1) is 12.0 Å². The summed E-state index contributed by atoms with van der Waals surface area (Å²) in [6, 6.07) is 17.4. The first-order valence-electron chi connectivity index (χ1n) is 10.6. The van der Waals surface area contributed by atoms with Crippen LogP contribution in [0.25, 0.3) is 32.4 Å².